The second-order valence-electron chi connectivity index (χ2n) is 4.25. The highest BCUT2D eigenvalue weighted by Gasteiger charge is 2.14. The van der Waals surface area contributed by atoms with Gasteiger partial charge < -0.3 is 0 Å². The maximum atomic E-state index is 4.65. The second kappa shape index (κ2) is 6.24. The summed E-state index contributed by atoms with van der Waals surface area (Å²) in [6.07, 6.45) is 1.17. The fraction of sp³-hybridized carbons (Fsp3) is 0.308. The van der Waals surface area contributed by atoms with E-state index in [-0.39, 0.29) is 0 Å². The van der Waals surface area contributed by atoms with Crippen LogP contribution in [0.1, 0.15) is 19.2 Å². The molecular weight excluding hydrogens is 356 g/mol. The minimum atomic E-state index is 0.850. The molecule has 2 heterocycles. The number of fused-ring (bicyclic) bond motifs is 1. The molecule has 104 valence electrons. The monoisotopic (exact) mass is 368 g/mol. The molecular formula is C13H13BrN4S2. The number of hydrogen-bond acceptors (Lipinski definition) is 5. The van der Waals surface area contributed by atoms with Gasteiger partial charge in [0.15, 0.2) is 5.82 Å². The van der Waals surface area contributed by atoms with Crippen LogP contribution in [0.25, 0.3) is 15.5 Å². The van der Waals surface area contributed by atoms with Gasteiger partial charge in [-0.3, -0.25) is 0 Å². The lowest BCUT2D eigenvalue weighted by molar-refractivity contribution is 0.886. The molecule has 0 bridgehead atoms. The quantitative estimate of drug-likeness (QED) is 0.631. The molecule has 0 aliphatic heterocycles. The first kappa shape index (κ1) is 14.0. The van der Waals surface area contributed by atoms with E-state index >= 15 is 0 Å². The maximum Gasteiger partial charge on any atom is 0.235 e. The molecule has 1 aromatic carbocycles. The Morgan fingerprint density at radius 1 is 1.30 bits per heavy atom. The summed E-state index contributed by atoms with van der Waals surface area (Å²) in [5.41, 5.74) is 1.09. The van der Waals surface area contributed by atoms with Crippen LogP contribution in [0.5, 0.6) is 0 Å². The zero-order valence-corrected chi connectivity index (χ0v) is 14.1. The van der Waals surface area contributed by atoms with Crippen molar-refractivity contribution in [2.75, 3.05) is 5.75 Å². The SMILES string of the molecule is CCCSCc1nnc2sc(-c3ccccc3Br)nn12. The van der Waals surface area contributed by atoms with Crippen molar-refractivity contribution in [3.05, 3.63) is 34.6 Å². The number of thioether (sulfide) groups is 1. The zero-order valence-electron chi connectivity index (χ0n) is 10.9. The smallest absolute Gasteiger partial charge is 0.186 e. The standard InChI is InChI=1S/C13H13BrN4S2/c1-2-7-19-8-11-15-16-13-18(11)17-12(20-13)9-5-3-4-6-10(9)14/h3-6H,2,7-8H2,1H3. The molecule has 0 atom stereocenters. The Kier molecular flexibility index (Phi) is 4.38. The lowest BCUT2D eigenvalue weighted by Crippen LogP contribution is -1.94. The van der Waals surface area contributed by atoms with Gasteiger partial charge in [-0.05, 0) is 18.2 Å². The normalized spacial score (nSPS) is 11.3. The zero-order chi connectivity index (χ0) is 13.9. The third-order valence-electron chi connectivity index (χ3n) is 2.74. The van der Waals surface area contributed by atoms with Gasteiger partial charge in [0, 0.05) is 10.0 Å². The largest absolute Gasteiger partial charge is 0.235 e. The molecule has 0 unspecified atom stereocenters. The molecule has 0 saturated carbocycles. The summed E-state index contributed by atoms with van der Waals surface area (Å²) in [7, 11) is 0. The predicted octanol–water partition coefficient (Wildman–Crippen LogP) is 4.26. The molecule has 0 spiro atoms. The lowest BCUT2D eigenvalue weighted by atomic mass is 10.2. The van der Waals surface area contributed by atoms with Crippen molar-refractivity contribution in [1.82, 2.24) is 19.8 Å². The van der Waals surface area contributed by atoms with E-state index < -0.39 is 0 Å². The fourth-order valence-electron chi connectivity index (χ4n) is 1.80. The van der Waals surface area contributed by atoms with Gasteiger partial charge in [0.2, 0.25) is 4.96 Å². The van der Waals surface area contributed by atoms with Crippen molar-refractivity contribution < 1.29 is 0 Å². The first-order chi connectivity index (χ1) is 9.79. The molecule has 2 aromatic heterocycles. The van der Waals surface area contributed by atoms with E-state index in [1.165, 1.54) is 6.42 Å². The molecule has 0 aliphatic rings. The van der Waals surface area contributed by atoms with E-state index in [9.17, 15) is 0 Å². The summed E-state index contributed by atoms with van der Waals surface area (Å²) in [6, 6.07) is 8.10. The van der Waals surface area contributed by atoms with Crippen molar-refractivity contribution in [3.63, 3.8) is 0 Å². The first-order valence-electron chi connectivity index (χ1n) is 6.33. The fourth-order valence-corrected chi connectivity index (χ4v) is 4.10. The summed E-state index contributed by atoms with van der Waals surface area (Å²) in [5, 5.41) is 14.0. The van der Waals surface area contributed by atoms with E-state index in [1.54, 1.807) is 11.3 Å². The molecule has 0 amide bonds. The summed E-state index contributed by atoms with van der Waals surface area (Å²) in [5.74, 6) is 2.91. The number of nitrogens with zero attached hydrogens (tertiary/aromatic N) is 4. The van der Waals surface area contributed by atoms with Gasteiger partial charge >= 0.3 is 0 Å². The average Bonchev–Trinajstić information content (AvgIpc) is 3.01. The van der Waals surface area contributed by atoms with Crippen molar-refractivity contribution >= 4 is 44.0 Å². The van der Waals surface area contributed by atoms with Crippen LogP contribution < -0.4 is 0 Å². The molecule has 7 heteroatoms. The summed E-state index contributed by atoms with van der Waals surface area (Å²) in [4.78, 5) is 0.850. The number of rotatable bonds is 5. The van der Waals surface area contributed by atoms with Gasteiger partial charge in [-0.1, -0.05) is 52.4 Å². The summed E-state index contributed by atoms with van der Waals surface area (Å²) < 4.78 is 2.91. The Morgan fingerprint density at radius 2 is 2.15 bits per heavy atom. The van der Waals surface area contributed by atoms with Crippen LogP contribution in [0.2, 0.25) is 0 Å². The van der Waals surface area contributed by atoms with E-state index in [0.29, 0.717) is 0 Å². The lowest BCUT2D eigenvalue weighted by Gasteiger charge is -1.98. The molecule has 0 fully saturated rings. The first-order valence-corrected chi connectivity index (χ1v) is 9.09. The molecule has 3 rings (SSSR count). The van der Waals surface area contributed by atoms with Crippen LogP contribution in [0.3, 0.4) is 0 Å². The van der Waals surface area contributed by atoms with Gasteiger partial charge in [0.05, 0.1) is 5.75 Å². The molecule has 3 aromatic rings. The van der Waals surface area contributed by atoms with Gasteiger partial charge in [0.25, 0.3) is 0 Å². The Labute approximate surface area is 133 Å². The van der Waals surface area contributed by atoms with Crippen LogP contribution in [0.15, 0.2) is 28.7 Å². The third kappa shape index (κ3) is 2.75. The van der Waals surface area contributed by atoms with Crippen molar-refractivity contribution in [2.24, 2.45) is 0 Å². The van der Waals surface area contributed by atoms with Crippen LogP contribution >= 0.6 is 39.0 Å². The van der Waals surface area contributed by atoms with E-state index in [2.05, 4.69) is 44.2 Å². The van der Waals surface area contributed by atoms with E-state index in [4.69, 9.17) is 0 Å². The Hall–Kier alpha value is -0.920. The van der Waals surface area contributed by atoms with Gasteiger partial charge in [0.1, 0.15) is 5.01 Å². The Balaban J connectivity index is 1.93. The van der Waals surface area contributed by atoms with Crippen molar-refractivity contribution in [3.8, 4) is 10.6 Å². The molecule has 0 radical (unpaired) electrons. The number of benzene rings is 1. The highest BCUT2D eigenvalue weighted by molar-refractivity contribution is 9.10. The summed E-state index contributed by atoms with van der Waals surface area (Å²) >= 11 is 7.00. The number of hydrogen-bond donors (Lipinski definition) is 0. The second-order valence-corrected chi connectivity index (χ2v) is 7.17. The van der Waals surface area contributed by atoms with Crippen molar-refractivity contribution in [2.45, 2.75) is 19.1 Å². The van der Waals surface area contributed by atoms with Crippen LogP contribution in [-0.2, 0) is 5.75 Å². The molecule has 4 nitrogen and oxygen atoms in total. The van der Waals surface area contributed by atoms with Crippen molar-refractivity contribution in [1.29, 1.82) is 0 Å². The number of halogens is 1. The minimum Gasteiger partial charge on any atom is -0.186 e. The van der Waals surface area contributed by atoms with Gasteiger partial charge in [-0.15, -0.1) is 10.2 Å². The molecule has 20 heavy (non-hydrogen) atoms. The minimum absolute atomic E-state index is 0.850. The third-order valence-corrected chi connectivity index (χ3v) is 5.52. The Bertz CT molecular complexity index is 722. The average molecular weight is 369 g/mol. The maximum absolute atomic E-state index is 4.65. The molecule has 0 aliphatic carbocycles. The summed E-state index contributed by atoms with van der Waals surface area (Å²) in [6.45, 7) is 2.18. The molecule has 0 saturated heterocycles. The van der Waals surface area contributed by atoms with Crippen LogP contribution in [-0.4, -0.2) is 25.6 Å². The van der Waals surface area contributed by atoms with Crippen LogP contribution in [0, 0.1) is 0 Å². The highest BCUT2D eigenvalue weighted by atomic mass is 79.9. The van der Waals surface area contributed by atoms with E-state index in [1.807, 2.05) is 34.5 Å². The molecule has 0 N–H and O–H groups in total. The van der Waals surface area contributed by atoms with Gasteiger partial charge in [-0.2, -0.15) is 21.4 Å². The van der Waals surface area contributed by atoms with Gasteiger partial charge in [-0.25, -0.2) is 0 Å². The highest BCUT2D eigenvalue weighted by Crippen LogP contribution is 2.31. The topological polar surface area (TPSA) is 43.1 Å². The Morgan fingerprint density at radius 3 is 2.95 bits per heavy atom. The van der Waals surface area contributed by atoms with E-state index in [0.717, 1.165) is 37.3 Å². The predicted molar refractivity (Wildman–Crippen MR) is 88.2 cm³/mol. The van der Waals surface area contributed by atoms with Crippen LogP contribution in [0.4, 0.5) is 0 Å². The number of aromatic nitrogens is 4.